The Kier molecular flexibility index (Phi) is 4.66. The molecule has 1 aromatic heterocycles. The first-order valence-electron chi connectivity index (χ1n) is 6.16. The third kappa shape index (κ3) is 3.63. The zero-order valence-electron chi connectivity index (χ0n) is 11.4. The van der Waals surface area contributed by atoms with E-state index < -0.39 is 10.0 Å². The smallest absolute Gasteiger partial charge is 0.243 e. The Balaban J connectivity index is 2.29. The van der Waals surface area contributed by atoms with Crippen molar-refractivity contribution < 1.29 is 8.42 Å². The molecule has 0 atom stereocenters. The van der Waals surface area contributed by atoms with Gasteiger partial charge in [0.2, 0.25) is 10.0 Å². The number of nitrogens with two attached hydrogens (primary N) is 1. The van der Waals surface area contributed by atoms with Gasteiger partial charge in [-0.05, 0) is 29.8 Å². The maximum Gasteiger partial charge on any atom is 0.243 e. The fourth-order valence-electron chi connectivity index (χ4n) is 1.82. The number of hydrogen-bond donors (Lipinski definition) is 1. The summed E-state index contributed by atoms with van der Waals surface area (Å²) in [5.74, 6) is 0. The highest BCUT2D eigenvalue weighted by Crippen LogP contribution is 2.18. The van der Waals surface area contributed by atoms with E-state index in [4.69, 9.17) is 18.0 Å². The van der Waals surface area contributed by atoms with Crippen LogP contribution in [-0.4, -0.2) is 29.7 Å². The van der Waals surface area contributed by atoms with E-state index >= 15 is 0 Å². The van der Waals surface area contributed by atoms with Crippen molar-refractivity contribution >= 4 is 27.2 Å². The summed E-state index contributed by atoms with van der Waals surface area (Å²) >= 11 is 4.88. The van der Waals surface area contributed by atoms with Gasteiger partial charge in [0.15, 0.2) is 0 Å². The zero-order chi connectivity index (χ0) is 15.5. The number of sulfonamides is 1. The molecule has 0 saturated carbocycles. The first-order valence-corrected chi connectivity index (χ1v) is 8.01. The first kappa shape index (κ1) is 15.6. The van der Waals surface area contributed by atoms with Crippen molar-refractivity contribution in [3.63, 3.8) is 0 Å². The predicted molar refractivity (Wildman–Crippen MR) is 85.2 cm³/mol. The van der Waals surface area contributed by atoms with Gasteiger partial charge in [-0.2, -0.15) is 4.31 Å². The lowest BCUT2D eigenvalue weighted by atomic mass is 10.2. The van der Waals surface area contributed by atoms with Crippen molar-refractivity contribution in [2.24, 2.45) is 5.73 Å². The van der Waals surface area contributed by atoms with Crippen LogP contribution < -0.4 is 5.73 Å². The third-order valence-electron chi connectivity index (χ3n) is 2.98. The van der Waals surface area contributed by atoms with E-state index in [1.165, 1.54) is 23.5 Å². The lowest BCUT2D eigenvalue weighted by molar-refractivity contribution is 0.466. The third-order valence-corrected chi connectivity index (χ3v) is 5.02. The Morgan fingerprint density at radius 2 is 1.95 bits per heavy atom. The number of benzene rings is 1. The molecule has 0 spiro atoms. The van der Waals surface area contributed by atoms with E-state index in [9.17, 15) is 8.42 Å². The molecule has 1 aromatic carbocycles. The Labute approximate surface area is 129 Å². The van der Waals surface area contributed by atoms with Crippen molar-refractivity contribution in [2.45, 2.75) is 11.4 Å². The van der Waals surface area contributed by atoms with Gasteiger partial charge in [0, 0.05) is 31.5 Å². The van der Waals surface area contributed by atoms with E-state index in [0.29, 0.717) is 5.56 Å². The zero-order valence-corrected chi connectivity index (χ0v) is 13.1. The molecule has 0 aliphatic rings. The molecule has 2 N–H and O–H groups in total. The molecule has 0 bridgehead atoms. The van der Waals surface area contributed by atoms with Crippen LogP contribution in [0.1, 0.15) is 11.1 Å². The van der Waals surface area contributed by atoms with Crippen LogP contribution in [0, 0.1) is 0 Å². The Morgan fingerprint density at radius 3 is 2.57 bits per heavy atom. The lowest BCUT2D eigenvalue weighted by Crippen LogP contribution is -2.26. The number of rotatable bonds is 5. The fourth-order valence-corrected chi connectivity index (χ4v) is 3.15. The van der Waals surface area contributed by atoms with E-state index in [1.54, 1.807) is 36.7 Å². The summed E-state index contributed by atoms with van der Waals surface area (Å²) in [6, 6.07) is 9.88. The van der Waals surface area contributed by atoms with Gasteiger partial charge >= 0.3 is 0 Å². The quantitative estimate of drug-likeness (QED) is 0.845. The molecule has 110 valence electrons. The van der Waals surface area contributed by atoms with E-state index in [1.807, 2.05) is 0 Å². The molecule has 1 heterocycles. The van der Waals surface area contributed by atoms with Crippen LogP contribution in [0.15, 0.2) is 53.7 Å². The van der Waals surface area contributed by atoms with Crippen molar-refractivity contribution in [1.82, 2.24) is 9.29 Å². The van der Waals surface area contributed by atoms with Gasteiger partial charge in [-0.15, -0.1) is 0 Å². The summed E-state index contributed by atoms with van der Waals surface area (Å²) in [7, 11) is -2.06. The van der Waals surface area contributed by atoms with E-state index in [0.717, 1.165) is 5.56 Å². The monoisotopic (exact) mass is 321 g/mol. The van der Waals surface area contributed by atoms with Crippen molar-refractivity contribution in [3.8, 4) is 0 Å². The second-order valence-electron chi connectivity index (χ2n) is 4.51. The largest absolute Gasteiger partial charge is 0.389 e. The molecule has 7 heteroatoms. The van der Waals surface area contributed by atoms with Crippen LogP contribution in [0.3, 0.4) is 0 Å². The maximum absolute atomic E-state index is 12.5. The van der Waals surface area contributed by atoms with Gasteiger partial charge in [-0.1, -0.05) is 24.4 Å². The molecule has 0 unspecified atom stereocenters. The average Bonchev–Trinajstić information content (AvgIpc) is 2.48. The summed E-state index contributed by atoms with van der Waals surface area (Å²) in [5, 5.41) is 0. The van der Waals surface area contributed by atoms with E-state index in [-0.39, 0.29) is 16.4 Å². The highest BCUT2D eigenvalue weighted by Gasteiger charge is 2.21. The van der Waals surface area contributed by atoms with Crippen LogP contribution in [0.2, 0.25) is 0 Å². The number of hydrogen-bond acceptors (Lipinski definition) is 4. The lowest BCUT2D eigenvalue weighted by Gasteiger charge is -2.17. The molecular weight excluding hydrogens is 306 g/mol. The molecule has 0 saturated heterocycles. The predicted octanol–water partition coefficient (Wildman–Crippen LogP) is 1.54. The van der Waals surface area contributed by atoms with Crippen LogP contribution in [0.25, 0.3) is 0 Å². The van der Waals surface area contributed by atoms with Gasteiger partial charge in [-0.25, -0.2) is 8.42 Å². The second kappa shape index (κ2) is 6.30. The van der Waals surface area contributed by atoms with Crippen LogP contribution in [0.4, 0.5) is 0 Å². The normalized spacial score (nSPS) is 11.5. The standard InChI is InChI=1S/C14H15N3O2S2/c1-17(10-11-5-7-16-8-6-11)21(18,19)13-4-2-3-12(9-13)14(15)20/h2-9H,10H2,1H3,(H2,15,20). The average molecular weight is 321 g/mol. The molecular formula is C14H15N3O2S2. The highest BCUT2D eigenvalue weighted by atomic mass is 32.2. The summed E-state index contributed by atoms with van der Waals surface area (Å²) in [5.41, 5.74) is 6.94. The maximum atomic E-state index is 12.5. The molecule has 0 aliphatic carbocycles. The number of nitrogens with zero attached hydrogens (tertiary/aromatic N) is 2. The Bertz CT molecular complexity index is 746. The minimum atomic E-state index is -3.60. The molecule has 0 aliphatic heterocycles. The Morgan fingerprint density at radius 1 is 1.29 bits per heavy atom. The topological polar surface area (TPSA) is 76.3 Å². The van der Waals surface area contributed by atoms with Crippen LogP contribution in [0.5, 0.6) is 0 Å². The van der Waals surface area contributed by atoms with Crippen molar-refractivity contribution in [1.29, 1.82) is 0 Å². The highest BCUT2D eigenvalue weighted by molar-refractivity contribution is 7.89. The number of thiocarbonyl (C=S) groups is 1. The minimum absolute atomic E-state index is 0.170. The van der Waals surface area contributed by atoms with Gasteiger partial charge in [0.1, 0.15) is 4.99 Å². The molecule has 2 rings (SSSR count). The summed E-state index contributed by atoms with van der Waals surface area (Å²) < 4.78 is 26.4. The number of aromatic nitrogens is 1. The number of pyridine rings is 1. The van der Waals surface area contributed by atoms with E-state index in [2.05, 4.69) is 4.98 Å². The molecule has 2 aromatic rings. The SMILES string of the molecule is CN(Cc1ccncc1)S(=O)(=O)c1cccc(C(N)=S)c1. The molecule has 0 radical (unpaired) electrons. The molecule has 21 heavy (non-hydrogen) atoms. The summed E-state index contributed by atoms with van der Waals surface area (Å²) in [6.45, 7) is 0.266. The van der Waals surface area contributed by atoms with Crippen molar-refractivity contribution in [2.75, 3.05) is 7.05 Å². The minimum Gasteiger partial charge on any atom is -0.389 e. The molecule has 0 fully saturated rings. The summed E-state index contributed by atoms with van der Waals surface area (Å²) in [6.07, 6.45) is 3.26. The summed E-state index contributed by atoms with van der Waals surface area (Å²) in [4.78, 5) is 4.25. The second-order valence-corrected chi connectivity index (χ2v) is 6.99. The Hall–Kier alpha value is -1.83. The van der Waals surface area contributed by atoms with Gasteiger partial charge in [-0.3, -0.25) is 4.98 Å². The van der Waals surface area contributed by atoms with Crippen LogP contribution >= 0.6 is 12.2 Å². The van der Waals surface area contributed by atoms with Crippen molar-refractivity contribution in [3.05, 3.63) is 59.9 Å². The van der Waals surface area contributed by atoms with Gasteiger partial charge in [0.25, 0.3) is 0 Å². The molecule has 5 nitrogen and oxygen atoms in total. The fraction of sp³-hybridized carbons (Fsp3) is 0.143. The van der Waals surface area contributed by atoms with Gasteiger partial charge in [0.05, 0.1) is 4.90 Å². The molecule has 0 amide bonds. The first-order chi connectivity index (χ1) is 9.91. The van der Waals surface area contributed by atoms with Gasteiger partial charge < -0.3 is 5.73 Å². The van der Waals surface area contributed by atoms with Crippen LogP contribution in [-0.2, 0) is 16.6 Å².